The van der Waals surface area contributed by atoms with Crippen molar-refractivity contribution < 1.29 is 9.30 Å². The molecule has 0 aliphatic rings. The van der Waals surface area contributed by atoms with E-state index >= 15 is 0 Å². The fourth-order valence-electron chi connectivity index (χ4n) is 7.42. The molecule has 0 radical (unpaired) electrons. The molecule has 0 aliphatic heterocycles. The second kappa shape index (κ2) is 11.8. The molecule has 0 unspecified atom stereocenters. The molecule has 10 aromatic rings. The van der Waals surface area contributed by atoms with Gasteiger partial charge in [-0.05, 0) is 29.2 Å². The molecule has 0 saturated heterocycles. The van der Waals surface area contributed by atoms with Gasteiger partial charge in [0.15, 0.2) is 0 Å². The molecule has 5 nitrogen and oxygen atoms in total. The largest absolute Gasteiger partial charge is 0.0149 e. The summed E-state index contributed by atoms with van der Waals surface area (Å²) in [6.45, 7) is 6.71. The number of rotatable bonds is 5. The van der Waals surface area contributed by atoms with Crippen LogP contribution in [0.25, 0.3) is 69.3 Å². The minimum Gasteiger partial charge on any atom is -0.0149 e. The summed E-state index contributed by atoms with van der Waals surface area (Å²) in [6.07, 6.45) is 5.64. The van der Waals surface area contributed by atoms with E-state index in [-0.39, 0.29) is 19.9 Å². The number of hydrogen-bond donors (Lipinski definition) is 0. The molecule has 0 saturated carbocycles. The van der Waals surface area contributed by atoms with E-state index < -0.39 is 0 Å². The van der Waals surface area contributed by atoms with Gasteiger partial charge in [-0.25, -0.2) is 4.98 Å². The molecule has 52 heavy (non-hydrogen) atoms. The molecule has 0 bridgehead atoms. The van der Waals surface area contributed by atoms with Crippen LogP contribution in [0.4, 0.5) is 0 Å². The van der Waals surface area contributed by atoms with Crippen molar-refractivity contribution in [3.05, 3.63) is 164 Å². The van der Waals surface area contributed by atoms with Crippen LogP contribution in [0.1, 0.15) is 26.3 Å². The third-order valence-corrected chi connectivity index (χ3v) is 12.5. The quantitative estimate of drug-likeness (QED) is 0.100. The fraction of sp³-hybridized carbons (Fsp3) is 0.0870. The van der Waals surface area contributed by atoms with Crippen LogP contribution in [-0.4, -0.2) is 28.6 Å². The molecule has 6 heteroatoms. The van der Waals surface area contributed by atoms with Crippen LogP contribution in [0.3, 0.4) is 0 Å². The number of aromatic nitrogens is 4. The second-order valence-electron chi connectivity index (χ2n) is 14.3. The Morgan fingerprint density at radius 1 is 0.635 bits per heavy atom. The first-order chi connectivity index (χ1) is 25.4. The fourth-order valence-corrected chi connectivity index (χ4v) is 10.0. The van der Waals surface area contributed by atoms with E-state index in [4.69, 9.17) is 9.72 Å². The monoisotopic (exact) mass is 738 g/mol. The summed E-state index contributed by atoms with van der Waals surface area (Å²) in [5, 5.41) is 5.02. The zero-order valence-corrected chi connectivity index (χ0v) is 30.8. The smallest absolute Gasteiger partial charge is 0.0149 e. The molecule has 4 heterocycles. The van der Waals surface area contributed by atoms with Crippen molar-refractivity contribution in [2.45, 2.75) is 26.2 Å². The van der Waals surface area contributed by atoms with Crippen molar-refractivity contribution in [2.75, 3.05) is 0 Å². The van der Waals surface area contributed by atoms with E-state index in [2.05, 4.69) is 180 Å². The molecule has 6 aromatic carbocycles. The van der Waals surface area contributed by atoms with Gasteiger partial charge in [-0.2, -0.15) is 0 Å². The number of fused-ring (bicyclic) bond motifs is 8. The molecule has 0 N–H and O–H groups in total. The maximum Gasteiger partial charge on any atom is -0.0149 e. The molecule has 0 aliphatic carbocycles. The normalized spacial score (nSPS) is 12.1. The van der Waals surface area contributed by atoms with Gasteiger partial charge in [0.25, 0.3) is 0 Å². The Labute approximate surface area is 307 Å². The number of para-hydroxylation sites is 2. The van der Waals surface area contributed by atoms with Gasteiger partial charge >= 0.3 is 213 Å². The van der Waals surface area contributed by atoms with E-state index in [1.165, 1.54) is 35.8 Å². The van der Waals surface area contributed by atoms with Gasteiger partial charge in [-0.1, -0.05) is 39.0 Å². The standard InChI is InChI=1S/C46H34N4OSe/c1-46(2,3)30-24-25-47-43(26-30)50-39-18-9-7-16-35(39)36-21-20-34(28-41(36)50)51-33-15-11-14-32(27-33)48-29-49(31-12-5-4-6-13-31)44-40(48)23-22-38-37-17-8-10-19-42(37)52-45(38)44/h4-28H,1-3H3. The Balaban J connectivity index is 1.09. The zero-order chi connectivity index (χ0) is 35.0. The van der Waals surface area contributed by atoms with Crippen LogP contribution in [0, 0.1) is 6.33 Å². The van der Waals surface area contributed by atoms with Gasteiger partial charge in [0.2, 0.25) is 0 Å². The van der Waals surface area contributed by atoms with E-state index in [1.54, 1.807) is 0 Å². The van der Waals surface area contributed by atoms with Crippen LogP contribution in [0.2, 0.25) is 0 Å². The Kier molecular flexibility index (Phi) is 7.01. The first-order valence-electron chi connectivity index (χ1n) is 17.5. The predicted octanol–water partition coefficient (Wildman–Crippen LogP) is 10.7. The second-order valence-corrected chi connectivity index (χ2v) is 16.5. The summed E-state index contributed by atoms with van der Waals surface area (Å²) in [7, 11) is 0. The minimum absolute atomic E-state index is 0.00446. The maximum atomic E-state index is 6.67. The molecule has 10 rings (SSSR count). The average molecular weight is 738 g/mol. The number of pyridine rings is 1. The number of imidazole rings is 1. The van der Waals surface area contributed by atoms with Gasteiger partial charge in [-0.15, -0.1) is 0 Å². The van der Waals surface area contributed by atoms with Crippen molar-refractivity contribution in [2.24, 2.45) is 0 Å². The summed E-state index contributed by atoms with van der Waals surface area (Å²) in [5.74, 6) is 2.42. The first-order valence-corrected chi connectivity index (χ1v) is 19.3. The summed E-state index contributed by atoms with van der Waals surface area (Å²) < 4.78 is 16.1. The summed E-state index contributed by atoms with van der Waals surface area (Å²) in [5.41, 5.74) is 7.81. The molecule has 0 amide bonds. The topological polar surface area (TPSA) is 35.9 Å². The molecular weight excluding hydrogens is 703 g/mol. The SMILES string of the molecule is CC(C)(C)c1ccnc(-n2c3ccccc3c3ccc(Oc4cccc(-n5[c-][n+](-c6ccccc6)c6c7[se]c8ccccc8c7ccc65)c4)cc32)c1. The van der Waals surface area contributed by atoms with Gasteiger partial charge < -0.3 is 0 Å². The third kappa shape index (κ3) is 4.98. The number of benzene rings is 6. The van der Waals surface area contributed by atoms with Gasteiger partial charge in [0.05, 0.1) is 5.52 Å². The van der Waals surface area contributed by atoms with Crippen molar-refractivity contribution in [3.8, 4) is 28.7 Å². The first kappa shape index (κ1) is 30.8. The number of nitrogens with zero attached hydrogens (tertiary/aromatic N) is 4. The van der Waals surface area contributed by atoms with Gasteiger partial charge in [-0.3, -0.25) is 0 Å². The summed E-state index contributed by atoms with van der Waals surface area (Å²) >= 11 is 0.192. The van der Waals surface area contributed by atoms with Gasteiger partial charge in [0.1, 0.15) is 5.82 Å². The number of hydrogen-bond acceptors (Lipinski definition) is 2. The predicted molar refractivity (Wildman–Crippen MR) is 213 cm³/mol. The summed E-state index contributed by atoms with van der Waals surface area (Å²) in [4.78, 5) is 4.85. The molecular formula is C46H34N4OSe. The van der Waals surface area contributed by atoms with Crippen LogP contribution in [0.15, 0.2) is 152 Å². The van der Waals surface area contributed by atoms with Crippen molar-refractivity contribution in [3.63, 3.8) is 0 Å². The molecule has 0 atom stereocenters. The van der Waals surface area contributed by atoms with Crippen LogP contribution >= 0.6 is 0 Å². The molecule has 4 aromatic heterocycles. The van der Waals surface area contributed by atoms with E-state index in [0.29, 0.717) is 0 Å². The Morgan fingerprint density at radius 2 is 1.38 bits per heavy atom. The molecule has 250 valence electrons. The van der Waals surface area contributed by atoms with E-state index in [1.807, 2.05) is 12.3 Å². The van der Waals surface area contributed by atoms with Crippen LogP contribution in [-0.2, 0) is 5.41 Å². The molecule has 0 fully saturated rings. The minimum atomic E-state index is 0.00446. The Morgan fingerprint density at radius 3 is 2.25 bits per heavy atom. The number of ether oxygens (including phenoxy) is 1. The Bertz CT molecular complexity index is 2980. The van der Waals surface area contributed by atoms with Crippen molar-refractivity contribution in [1.82, 2.24) is 14.1 Å². The van der Waals surface area contributed by atoms with Crippen LogP contribution in [0.5, 0.6) is 11.5 Å². The zero-order valence-electron chi connectivity index (χ0n) is 29.0. The van der Waals surface area contributed by atoms with Crippen molar-refractivity contribution >= 4 is 66.6 Å². The van der Waals surface area contributed by atoms with Crippen LogP contribution < -0.4 is 9.30 Å². The third-order valence-electron chi connectivity index (χ3n) is 9.98. The summed E-state index contributed by atoms with van der Waals surface area (Å²) in [6, 6.07) is 51.4. The maximum absolute atomic E-state index is 6.67. The average Bonchev–Trinajstić information content (AvgIpc) is 3.85. The van der Waals surface area contributed by atoms with E-state index in [9.17, 15) is 0 Å². The van der Waals surface area contributed by atoms with Gasteiger partial charge in [0, 0.05) is 11.6 Å². The molecule has 0 spiro atoms. The Hall–Kier alpha value is -5.94. The van der Waals surface area contributed by atoms with E-state index in [0.717, 1.165) is 50.6 Å². The van der Waals surface area contributed by atoms with Crippen molar-refractivity contribution in [1.29, 1.82) is 0 Å².